The first-order valence-corrected chi connectivity index (χ1v) is 12.6. The van der Waals surface area contributed by atoms with E-state index in [2.05, 4.69) is 19.2 Å². The van der Waals surface area contributed by atoms with Crippen LogP contribution in [-0.4, -0.2) is 38.2 Å². The summed E-state index contributed by atoms with van der Waals surface area (Å²) in [5.41, 5.74) is 2.53. The largest absolute Gasteiger partial charge is 0.376 e. The van der Waals surface area contributed by atoms with Crippen molar-refractivity contribution in [3.63, 3.8) is 0 Å². The first-order valence-electron chi connectivity index (χ1n) is 12.6. The Bertz CT molecular complexity index is 691. The van der Waals surface area contributed by atoms with Crippen molar-refractivity contribution < 1.29 is 9.47 Å². The Kier molecular flexibility index (Phi) is 4.72. The summed E-state index contributed by atoms with van der Waals surface area (Å²) in [6.07, 6.45) is 20.5. The molecule has 6 aliphatic rings. The summed E-state index contributed by atoms with van der Waals surface area (Å²) in [7, 11) is 0. The molecule has 7 atom stereocenters. The van der Waals surface area contributed by atoms with Crippen molar-refractivity contribution in [2.24, 2.45) is 39.5 Å². The summed E-state index contributed by atoms with van der Waals surface area (Å²) < 4.78 is 12.1. The third-order valence-corrected chi connectivity index (χ3v) is 10.0. The van der Waals surface area contributed by atoms with E-state index < -0.39 is 0 Å². The van der Waals surface area contributed by atoms with E-state index >= 15 is 0 Å². The first-order chi connectivity index (χ1) is 14.2. The fraction of sp³-hybridized carbons (Fsp3) is 0.885. The molecule has 0 aromatic carbocycles. The maximum atomic E-state index is 6.23. The van der Waals surface area contributed by atoms with E-state index in [9.17, 15) is 0 Å². The Morgan fingerprint density at radius 2 is 1.90 bits per heavy atom. The van der Waals surface area contributed by atoms with Gasteiger partial charge in [0.1, 0.15) is 0 Å². The standard InChI is InChI=1S/C26H39NO2/c1-25-13-11-22-20(21(25)9-10-23(25)24-16-28-14-15-29-24)8-5-18-4-2-3-12-26(18,22)17-27-19-6-7-19/h5,17,19-24H,2-4,6-16H2,1H3/t20-,21-,22-,23+,24?,25-,26+/m0/s1. The number of hydrogen-bond acceptors (Lipinski definition) is 3. The van der Waals surface area contributed by atoms with E-state index in [1.807, 2.05) is 0 Å². The Balaban J connectivity index is 1.30. The van der Waals surface area contributed by atoms with Crippen molar-refractivity contribution in [1.82, 2.24) is 0 Å². The molecule has 0 aromatic heterocycles. The minimum Gasteiger partial charge on any atom is -0.376 e. The molecule has 0 amide bonds. The third kappa shape index (κ3) is 3.01. The summed E-state index contributed by atoms with van der Waals surface area (Å²) in [4.78, 5) is 5.11. The van der Waals surface area contributed by atoms with Crippen molar-refractivity contribution in [2.75, 3.05) is 19.8 Å². The lowest BCUT2D eigenvalue weighted by Gasteiger charge is -2.58. The fourth-order valence-corrected chi connectivity index (χ4v) is 8.47. The summed E-state index contributed by atoms with van der Waals surface area (Å²) in [5.74, 6) is 3.26. The number of aliphatic imine (C=N–C) groups is 1. The SMILES string of the molecule is C[C@]12CC[C@H]3[C@@H](CC=C4CCCC[C@@]43C=NC3CC3)[C@@H]1CC[C@@H]2C1COCCO1. The monoisotopic (exact) mass is 397 g/mol. The zero-order chi connectivity index (χ0) is 19.5. The lowest BCUT2D eigenvalue weighted by molar-refractivity contribution is -0.141. The van der Waals surface area contributed by atoms with E-state index in [0.717, 1.165) is 37.6 Å². The van der Waals surface area contributed by atoms with Crippen LogP contribution < -0.4 is 0 Å². The molecule has 0 aromatic rings. The zero-order valence-corrected chi connectivity index (χ0v) is 18.3. The van der Waals surface area contributed by atoms with Gasteiger partial charge in [0, 0.05) is 17.7 Å². The molecule has 5 fully saturated rings. The third-order valence-electron chi connectivity index (χ3n) is 10.0. The Hall–Kier alpha value is -0.670. The van der Waals surface area contributed by atoms with Crippen LogP contribution in [0.5, 0.6) is 0 Å². The zero-order valence-electron chi connectivity index (χ0n) is 18.3. The predicted octanol–water partition coefficient (Wildman–Crippen LogP) is 5.58. The number of allylic oxidation sites excluding steroid dienone is 2. The van der Waals surface area contributed by atoms with Crippen LogP contribution >= 0.6 is 0 Å². The van der Waals surface area contributed by atoms with Crippen molar-refractivity contribution in [3.8, 4) is 0 Å². The number of ether oxygens (including phenoxy) is 2. The second-order valence-electron chi connectivity index (χ2n) is 11.3. The quantitative estimate of drug-likeness (QED) is 0.459. The van der Waals surface area contributed by atoms with Gasteiger partial charge >= 0.3 is 0 Å². The maximum absolute atomic E-state index is 6.23. The molecule has 0 bridgehead atoms. The minimum atomic E-state index is 0.313. The second kappa shape index (κ2) is 7.19. The lowest BCUT2D eigenvalue weighted by Crippen LogP contribution is -2.53. The van der Waals surface area contributed by atoms with Crippen LogP contribution in [-0.2, 0) is 9.47 Å². The fourth-order valence-electron chi connectivity index (χ4n) is 8.47. The summed E-state index contributed by atoms with van der Waals surface area (Å²) in [5, 5.41) is 0. The highest BCUT2D eigenvalue weighted by Gasteiger charge is 2.60. The molecule has 0 spiro atoms. The van der Waals surface area contributed by atoms with E-state index in [-0.39, 0.29) is 0 Å². The smallest absolute Gasteiger partial charge is 0.0843 e. The van der Waals surface area contributed by atoms with Gasteiger partial charge < -0.3 is 9.47 Å². The molecule has 160 valence electrons. The van der Waals surface area contributed by atoms with Crippen molar-refractivity contribution in [2.45, 2.75) is 89.7 Å². The topological polar surface area (TPSA) is 30.8 Å². The molecule has 6 rings (SSSR count). The number of fused-ring (bicyclic) bond motifs is 5. The lowest BCUT2D eigenvalue weighted by atomic mass is 9.47. The second-order valence-corrected chi connectivity index (χ2v) is 11.3. The molecule has 1 aliphatic heterocycles. The summed E-state index contributed by atoms with van der Waals surface area (Å²) >= 11 is 0. The Labute approximate surface area is 176 Å². The van der Waals surface area contributed by atoms with Crippen LogP contribution in [0.4, 0.5) is 0 Å². The number of hydrogen-bond donors (Lipinski definition) is 0. The van der Waals surface area contributed by atoms with Gasteiger partial charge in [0.15, 0.2) is 0 Å². The molecular formula is C26H39NO2. The Morgan fingerprint density at radius 1 is 1.00 bits per heavy atom. The molecule has 0 N–H and O–H groups in total. The van der Waals surface area contributed by atoms with Gasteiger partial charge in [-0.2, -0.15) is 0 Å². The molecule has 1 saturated heterocycles. The van der Waals surface area contributed by atoms with Gasteiger partial charge in [0.05, 0.1) is 25.9 Å². The molecule has 1 heterocycles. The summed E-state index contributed by atoms with van der Waals surface area (Å²) in [6.45, 7) is 5.02. The highest BCUT2D eigenvalue weighted by Crippen LogP contribution is 2.66. The maximum Gasteiger partial charge on any atom is 0.0843 e. The Morgan fingerprint density at radius 3 is 2.72 bits per heavy atom. The average molecular weight is 398 g/mol. The number of rotatable bonds is 3. The molecule has 3 heteroatoms. The van der Waals surface area contributed by atoms with E-state index in [0.29, 0.717) is 28.9 Å². The molecule has 4 saturated carbocycles. The minimum absolute atomic E-state index is 0.313. The van der Waals surface area contributed by atoms with E-state index in [4.69, 9.17) is 14.5 Å². The highest BCUT2D eigenvalue weighted by molar-refractivity contribution is 5.72. The summed E-state index contributed by atoms with van der Waals surface area (Å²) in [6, 6.07) is 0.654. The molecule has 1 unspecified atom stereocenters. The van der Waals surface area contributed by atoms with Gasteiger partial charge in [-0.25, -0.2) is 0 Å². The van der Waals surface area contributed by atoms with Crippen LogP contribution in [0.1, 0.15) is 77.6 Å². The molecule has 5 aliphatic carbocycles. The molecule has 3 nitrogen and oxygen atoms in total. The van der Waals surface area contributed by atoms with Crippen LogP contribution in [0.15, 0.2) is 16.6 Å². The van der Waals surface area contributed by atoms with Crippen LogP contribution in [0.3, 0.4) is 0 Å². The van der Waals surface area contributed by atoms with Crippen LogP contribution in [0.2, 0.25) is 0 Å². The molecule has 29 heavy (non-hydrogen) atoms. The van der Waals surface area contributed by atoms with Crippen molar-refractivity contribution >= 4 is 6.21 Å². The predicted molar refractivity (Wildman–Crippen MR) is 116 cm³/mol. The highest BCUT2D eigenvalue weighted by atomic mass is 16.6. The van der Waals surface area contributed by atoms with Gasteiger partial charge in [0.2, 0.25) is 0 Å². The van der Waals surface area contributed by atoms with Crippen molar-refractivity contribution in [1.29, 1.82) is 0 Å². The van der Waals surface area contributed by atoms with E-state index in [1.165, 1.54) is 70.6 Å². The normalized spacial score (nSPS) is 50.0. The van der Waals surface area contributed by atoms with Crippen molar-refractivity contribution in [3.05, 3.63) is 11.6 Å². The van der Waals surface area contributed by atoms with Gasteiger partial charge in [-0.05, 0) is 93.3 Å². The van der Waals surface area contributed by atoms with Gasteiger partial charge in [-0.1, -0.05) is 25.0 Å². The van der Waals surface area contributed by atoms with Crippen LogP contribution in [0, 0.1) is 34.5 Å². The average Bonchev–Trinajstić information content (AvgIpc) is 3.52. The van der Waals surface area contributed by atoms with Gasteiger partial charge in [-0.15, -0.1) is 0 Å². The van der Waals surface area contributed by atoms with E-state index in [1.54, 1.807) is 5.57 Å². The number of nitrogens with zero attached hydrogens (tertiary/aromatic N) is 1. The van der Waals surface area contributed by atoms with Gasteiger partial charge in [0.25, 0.3) is 0 Å². The molecule has 0 radical (unpaired) electrons. The molecular weight excluding hydrogens is 358 g/mol. The first kappa shape index (κ1) is 19.0. The van der Waals surface area contributed by atoms with Crippen LogP contribution in [0.25, 0.3) is 0 Å². The van der Waals surface area contributed by atoms with Gasteiger partial charge in [-0.3, -0.25) is 4.99 Å².